The topological polar surface area (TPSA) is 53.4 Å². The molecule has 6 heteroatoms. The molecule has 5 nitrogen and oxygen atoms in total. The quantitative estimate of drug-likeness (QED) is 0.583. The van der Waals surface area contributed by atoms with Gasteiger partial charge in [0.25, 0.3) is 0 Å². The fourth-order valence-corrected chi connectivity index (χ4v) is 2.00. The number of halogens is 1. The normalized spacial score (nSPS) is 10.6. The van der Waals surface area contributed by atoms with Crippen molar-refractivity contribution in [3.8, 4) is 0 Å². The standard InChI is InChI=1S/C15H17ClN2O3/c1-20-7-4-8-21-15(19)13-9-17-18(11-13)10-12-5-2-3-6-14(12)16/h2-3,5-6,9,11H,4,7-8,10H2,1H3. The maximum atomic E-state index is 11.8. The van der Waals surface area contributed by atoms with Crippen LogP contribution in [0.1, 0.15) is 22.3 Å². The van der Waals surface area contributed by atoms with E-state index in [1.807, 2.05) is 24.3 Å². The number of methoxy groups -OCH3 is 1. The fourth-order valence-electron chi connectivity index (χ4n) is 1.81. The van der Waals surface area contributed by atoms with Crippen LogP contribution in [0, 0.1) is 0 Å². The molecule has 0 saturated heterocycles. The number of carbonyl (C=O) groups is 1. The lowest BCUT2D eigenvalue weighted by molar-refractivity contribution is 0.0468. The van der Waals surface area contributed by atoms with Crippen LogP contribution < -0.4 is 0 Å². The van der Waals surface area contributed by atoms with Gasteiger partial charge in [0, 0.05) is 31.4 Å². The van der Waals surface area contributed by atoms with Crippen molar-refractivity contribution in [1.82, 2.24) is 9.78 Å². The zero-order valence-corrected chi connectivity index (χ0v) is 12.5. The lowest BCUT2D eigenvalue weighted by atomic mass is 10.2. The van der Waals surface area contributed by atoms with Crippen LogP contribution in [-0.4, -0.2) is 36.1 Å². The number of hydrogen-bond acceptors (Lipinski definition) is 4. The Kier molecular flexibility index (Phi) is 5.78. The van der Waals surface area contributed by atoms with Crippen LogP contribution in [0.15, 0.2) is 36.7 Å². The van der Waals surface area contributed by atoms with E-state index < -0.39 is 0 Å². The number of carbonyl (C=O) groups excluding carboxylic acids is 1. The van der Waals surface area contributed by atoms with Gasteiger partial charge in [-0.05, 0) is 11.6 Å². The highest BCUT2D eigenvalue weighted by atomic mass is 35.5. The van der Waals surface area contributed by atoms with Gasteiger partial charge in [0.05, 0.1) is 24.9 Å². The van der Waals surface area contributed by atoms with E-state index in [1.165, 1.54) is 6.20 Å². The summed E-state index contributed by atoms with van der Waals surface area (Å²) in [5, 5.41) is 4.83. The Morgan fingerprint density at radius 2 is 2.14 bits per heavy atom. The number of ether oxygens (including phenoxy) is 2. The predicted octanol–water partition coefficient (Wildman–Crippen LogP) is 2.78. The van der Waals surface area contributed by atoms with Crippen molar-refractivity contribution in [3.63, 3.8) is 0 Å². The number of hydrogen-bond donors (Lipinski definition) is 0. The minimum absolute atomic E-state index is 0.336. The third kappa shape index (κ3) is 4.58. The maximum absolute atomic E-state index is 11.8. The molecule has 2 rings (SSSR count). The predicted molar refractivity (Wildman–Crippen MR) is 79.6 cm³/mol. The highest BCUT2D eigenvalue weighted by Gasteiger charge is 2.10. The van der Waals surface area contributed by atoms with Gasteiger partial charge in [-0.1, -0.05) is 29.8 Å². The molecule has 0 amide bonds. The first-order valence-electron chi connectivity index (χ1n) is 6.62. The fraction of sp³-hybridized carbons (Fsp3) is 0.333. The van der Waals surface area contributed by atoms with Crippen molar-refractivity contribution in [2.24, 2.45) is 0 Å². The van der Waals surface area contributed by atoms with Crippen LogP contribution in [-0.2, 0) is 16.0 Å². The van der Waals surface area contributed by atoms with E-state index in [-0.39, 0.29) is 5.97 Å². The Morgan fingerprint density at radius 1 is 1.33 bits per heavy atom. The molecule has 1 heterocycles. The highest BCUT2D eigenvalue weighted by molar-refractivity contribution is 6.31. The van der Waals surface area contributed by atoms with Crippen molar-refractivity contribution in [2.75, 3.05) is 20.3 Å². The summed E-state index contributed by atoms with van der Waals surface area (Å²) < 4.78 is 11.7. The number of benzene rings is 1. The number of rotatable bonds is 7. The molecule has 0 radical (unpaired) electrons. The Bertz CT molecular complexity index is 598. The second kappa shape index (κ2) is 7.81. The van der Waals surface area contributed by atoms with Crippen molar-refractivity contribution in [2.45, 2.75) is 13.0 Å². The van der Waals surface area contributed by atoms with E-state index in [4.69, 9.17) is 21.1 Å². The SMILES string of the molecule is COCCCOC(=O)c1cnn(Cc2ccccc2Cl)c1. The molecule has 1 aromatic heterocycles. The first kappa shape index (κ1) is 15.5. The molecule has 0 aliphatic rings. The first-order valence-corrected chi connectivity index (χ1v) is 7.00. The summed E-state index contributed by atoms with van der Waals surface area (Å²) in [6, 6.07) is 7.53. The molecule has 0 spiro atoms. The minimum atomic E-state index is -0.378. The van der Waals surface area contributed by atoms with E-state index in [0.717, 1.165) is 5.56 Å². The van der Waals surface area contributed by atoms with Crippen molar-refractivity contribution < 1.29 is 14.3 Å². The van der Waals surface area contributed by atoms with Gasteiger partial charge in [0.15, 0.2) is 0 Å². The van der Waals surface area contributed by atoms with Crippen molar-refractivity contribution in [3.05, 3.63) is 52.8 Å². The van der Waals surface area contributed by atoms with Crippen molar-refractivity contribution in [1.29, 1.82) is 0 Å². The molecule has 0 aliphatic carbocycles. The third-order valence-corrected chi connectivity index (χ3v) is 3.25. The molecule has 0 bridgehead atoms. The average molecular weight is 309 g/mol. The van der Waals surface area contributed by atoms with Crippen LogP contribution in [0.2, 0.25) is 5.02 Å². The molecule has 21 heavy (non-hydrogen) atoms. The molecular formula is C15H17ClN2O3. The van der Waals surface area contributed by atoms with Crippen LogP contribution in [0.4, 0.5) is 0 Å². The van der Waals surface area contributed by atoms with Gasteiger partial charge in [0.2, 0.25) is 0 Å². The minimum Gasteiger partial charge on any atom is -0.462 e. The van der Waals surface area contributed by atoms with Gasteiger partial charge in [-0.25, -0.2) is 4.79 Å². The largest absolute Gasteiger partial charge is 0.462 e. The van der Waals surface area contributed by atoms with E-state index in [2.05, 4.69) is 5.10 Å². The second-order valence-corrected chi connectivity index (χ2v) is 4.91. The van der Waals surface area contributed by atoms with Crippen molar-refractivity contribution >= 4 is 17.6 Å². The number of aromatic nitrogens is 2. The molecule has 2 aromatic rings. The monoisotopic (exact) mass is 308 g/mol. The number of nitrogens with zero attached hydrogens (tertiary/aromatic N) is 2. The van der Waals surface area contributed by atoms with E-state index in [1.54, 1.807) is 18.0 Å². The Balaban J connectivity index is 1.92. The molecular weight excluding hydrogens is 292 g/mol. The summed E-state index contributed by atoms with van der Waals surface area (Å²) in [4.78, 5) is 11.8. The first-order chi connectivity index (χ1) is 10.2. The van der Waals surface area contributed by atoms with E-state index in [0.29, 0.717) is 36.8 Å². The van der Waals surface area contributed by atoms with Gasteiger partial charge in [0.1, 0.15) is 0 Å². The lowest BCUT2D eigenvalue weighted by Crippen LogP contribution is -2.07. The Labute approximate surface area is 128 Å². The average Bonchev–Trinajstić information content (AvgIpc) is 2.94. The zero-order valence-electron chi connectivity index (χ0n) is 11.8. The maximum Gasteiger partial charge on any atom is 0.341 e. The Hall–Kier alpha value is -1.85. The van der Waals surface area contributed by atoms with Gasteiger partial charge in [-0.2, -0.15) is 5.10 Å². The molecule has 0 unspecified atom stereocenters. The van der Waals surface area contributed by atoms with Gasteiger partial charge in [-0.15, -0.1) is 0 Å². The summed E-state index contributed by atoms with van der Waals surface area (Å²) in [6.45, 7) is 1.41. The third-order valence-electron chi connectivity index (χ3n) is 2.89. The van der Waals surface area contributed by atoms with E-state index >= 15 is 0 Å². The van der Waals surface area contributed by atoms with E-state index in [9.17, 15) is 4.79 Å². The summed E-state index contributed by atoms with van der Waals surface area (Å²) in [5.41, 5.74) is 1.38. The van der Waals surface area contributed by atoms with Crippen LogP contribution in [0.25, 0.3) is 0 Å². The zero-order chi connectivity index (χ0) is 15.1. The molecule has 0 saturated carbocycles. The second-order valence-electron chi connectivity index (χ2n) is 4.50. The molecule has 0 fully saturated rings. The van der Waals surface area contributed by atoms with Gasteiger partial charge < -0.3 is 9.47 Å². The smallest absolute Gasteiger partial charge is 0.341 e. The summed E-state index contributed by atoms with van der Waals surface area (Å²) in [5.74, 6) is -0.378. The molecule has 112 valence electrons. The van der Waals surface area contributed by atoms with Gasteiger partial charge in [-0.3, -0.25) is 4.68 Å². The summed E-state index contributed by atoms with van der Waals surface area (Å²) in [6.07, 6.45) is 3.83. The van der Waals surface area contributed by atoms with Gasteiger partial charge >= 0.3 is 5.97 Å². The number of esters is 1. The van der Waals surface area contributed by atoms with Crippen LogP contribution in [0.3, 0.4) is 0 Å². The Morgan fingerprint density at radius 3 is 2.90 bits per heavy atom. The lowest BCUT2D eigenvalue weighted by Gasteiger charge is -2.04. The van der Waals surface area contributed by atoms with Crippen LogP contribution in [0.5, 0.6) is 0 Å². The highest BCUT2D eigenvalue weighted by Crippen LogP contribution is 2.16. The summed E-state index contributed by atoms with van der Waals surface area (Å²) in [7, 11) is 1.61. The van der Waals surface area contributed by atoms with Crippen LogP contribution >= 0.6 is 11.6 Å². The summed E-state index contributed by atoms with van der Waals surface area (Å²) >= 11 is 6.10. The molecule has 1 aromatic carbocycles. The molecule has 0 aliphatic heterocycles. The molecule has 0 N–H and O–H groups in total. The molecule has 0 atom stereocenters.